The van der Waals surface area contributed by atoms with Crippen molar-refractivity contribution >= 4 is 11.9 Å². The summed E-state index contributed by atoms with van der Waals surface area (Å²) in [7, 11) is 0. The predicted molar refractivity (Wildman–Crippen MR) is 62.7 cm³/mol. The van der Waals surface area contributed by atoms with E-state index in [2.05, 4.69) is 18.8 Å². The molecule has 1 aromatic carbocycles. The number of hydrogen-bond donors (Lipinski definition) is 1. The first-order valence-corrected chi connectivity index (χ1v) is 5.11. The van der Waals surface area contributed by atoms with Gasteiger partial charge in [0.15, 0.2) is 0 Å². The molecule has 1 atom stereocenters. The number of anilines is 1. The van der Waals surface area contributed by atoms with E-state index in [1.807, 2.05) is 30.5 Å². The van der Waals surface area contributed by atoms with Gasteiger partial charge in [-0.15, -0.1) is 0 Å². The Morgan fingerprint density at radius 1 is 1.43 bits per heavy atom. The van der Waals surface area contributed by atoms with Crippen molar-refractivity contribution < 1.29 is 0 Å². The Bertz CT molecular complexity index is 305. The van der Waals surface area contributed by atoms with E-state index in [4.69, 9.17) is 5.73 Å². The van der Waals surface area contributed by atoms with Crippen LogP contribution >= 0.6 is 0 Å². The second-order valence-corrected chi connectivity index (χ2v) is 3.43. The molecule has 0 saturated carbocycles. The minimum Gasteiger partial charge on any atom is -0.398 e. The lowest BCUT2D eigenvalue weighted by molar-refractivity contribution is 0.820. The van der Waals surface area contributed by atoms with E-state index >= 15 is 0 Å². The average molecular weight is 190 g/mol. The maximum Gasteiger partial charge on any atom is 0.0736 e. The lowest BCUT2D eigenvalue weighted by Crippen LogP contribution is -1.97. The van der Waals surface area contributed by atoms with Gasteiger partial charge in [-0.3, -0.25) is 4.99 Å². The zero-order valence-corrected chi connectivity index (χ0v) is 8.90. The van der Waals surface area contributed by atoms with Gasteiger partial charge in [-0.25, -0.2) is 0 Å². The molecule has 1 aromatic rings. The minimum absolute atomic E-state index is 0.169. The van der Waals surface area contributed by atoms with E-state index in [-0.39, 0.29) is 6.04 Å². The minimum atomic E-state index is 0.169. The molecule has 0 aliphatic heterocycles. The Morgan fingerprint density at radius 2 is 2.14 bits per heavy atom. The molecule has 0 amide bonds. The van der Waals surface area contributed by atoms with Crippen LogP contribution in [0.1, 0.15) is 38.3 Å². The fourth-order valence-electron chi connectivity index (χ4n) is 1.33. The fraction of sp³-hybridized carbons (Fsp3) is 0.417. The van der Waals surface area contributed by atoms with E-state index in [1.165, 1.54) is 0 Å². The predicted octanol–water partition coefficient (Wildman–Crippen LogP) is 3.20. The van der Waals surface area contributed by atoms with Gasteiger partial charge in [-0.1, -0.05) is 31.5 Å². The van der Waals surface area contributed by atoms with Crippen LogP contribution in [-0.4, -0.2) is 6.21 Å². The number of rotatable bonds is 4. The Hall–Kier alpha value is -1.31. The standard InChI is InChI=1S/C12H18N2/c1-3-4-9-14-10(2)11-7-5-6-8-12(11)13/h5-10H,3-4,13H2,1-2H3. The van der Waals surface area contributed by atoms with Crippen molar-refractivity contribution in [2.45, 2.75) is 32.7 Å². The molecule has 0 spiro atoms. The maximum absolute atomic E-state index is 5.85. The van der Waals surface area contributed by atoms with Crippen LogP contribution in [0.2, 0.25) is 0 Å². The number of unbranched alkanes of at least 4 members (excludes halogenated alkanes) is 1. The summed E-state index contributed by atoms with van der Waals surface area (Å²) in [5, 5.41) is 0. The van der Waals surface area contributed by atoms with Gasteiger partial charge < -0.3 is 5.73 Å². The Labute approximate surface area is 85.9 Å². The highest BCUT2D eigenvalue weighted by Crippen LogP contribution is 2.22. The number of para-hydroxylation sites is 1. The molecule has 0 fully saturated rings. The van der Waals surface area contributed by atoms with Gasteiger partial charge in [0.1, 0.15) is 0 Å². The second kappa shape index (κ2) is 5.43. The van der Waals surface area contributed by atoms with Crippen molar-refractivity contribution in [1.29, 1.82) is 0 Å². The van der Waals surface area contributed by atoms with E-state index < -0.39 is 0 Å². The second-order valence-electron chi connectivity index (χ2n) is 3.43. The normalized spacial score (nSPS) is 13.3. The Morgan fingerprint density at radius 3 is 2.79 bits per heavy atom. The van der Waals surface area contributed by atoms with Crippen LogP contribution in [0.3, 0.4) is 0 Å². The van der Waals surface area contributed by atoms with Gasteiger partial charge in [0.05, 0.1) is 6.04 Å². The Balaban J connectivity index is 2.69. The molecule has 0 aliphatic rings. The largest absolute Gasteiger partial charge is 0.398 e. The molecular weight excluding hydrogens is 172 g/mol. The first-order valence-electron chi connectivity index (χ1n) is 5.11. The van der Waals surface area contributed by atoms with Crippen molar-refractivity contribution in [3.63, 3.8) is 0 Å². The summed E-state index contributed by atoms with van der Waals surface area (Å²) in [6.07, 6.45) is 4.16. The van der Waals surface area contributed by atoms with Crippen molar-refractivity contribution in [1.82, 2.24) is 0 Å². The summed E-state index contributed by atoms with van der Waals surface area (Å²) in [4.78, 5) is 4.44. The van der Waals surface area contributed by atoms with Crippen LogP contribution in [0, 0.1) is 0 Å². The van der Waals surface area contributed by atoms with Crippen molar-refractivity contribution in [2.75, 3.05) is 5.73 Å². The van der Waals surface area contributed by atoms with Crippen molar-refractivity contribution in [3.8, 4) is 0 Å². The van der Waals surface area contributed by atoms with Gasteiger partial charge in [-0.05, 0) is 31.2 Å². The summed E-state index contributed by atoms with van der Waals surface area (Å²) in [5.41, 5.74) is 7.79. The van der Waals surface area contributed by atoms with Crippen molar-refractivity contribution in [3.05, 3.63) is 29.8 Å². The van der Waals surface area contributed by atoms with E-state index in [9.17, 15) is 0 Å². The summed E-state index contributed by atoms with van der Waals surface area (Å²) in [5.74, 6) is 0. The third-order valence-electron chi connectivity index (χ3n) is 2.19. The molecule has 14 heavy (non-hydrogen) atoms. The summed E-state index contributed by atoms with van der Waals surface area (Å²) in [6.45, 7) is 4.21. The summed E-state index contributed by atoms with van der Waals surface area (Å²) >= 11 is 0. The number of benzene rings is 1. The molecule has 76 valence electrons. The third-order valence-corrected chi connectivity index (χ3v) is 2.19. The molecule has 2 heteroatoms. The first kappa shape index (κ1) is 10.8. The monoisotopic (exact) mass is 190 g/mol. The number of hydrogen-bond acceptors (Lipinski definition) is 2. The highest BCUT2D eigenvalue weighted by molar-refractivity contribution is 5.58. The third kappa shape index (κ3) is 2.87. The molecular formula is C12H18N2. The number of nitrogens with zero attached hydrogens (tertiary/aromatic N) is 1. The van der Waals surface area contributed by atoms with E-state index in [0.717, 1.165) is 24.1 Å². The van der Waals surface area contributed by atoms with Gasteiger partial charge in [0.25, 0.3) is 0 Å². The van der Waals surface area contributed by atoms with Crippen LogP contribution in [0.25, 0.3) is 0 Å². The molecule has 0 saturated heterocycles. The lowest BCUT2D eigenvalue weighted by atomic mass is 10.1. The molecule has 0 aromatic heterocycles. The van der Waals surface area contributed by atoms with Crippen LogP contribution in [-0.2, 0) is 0 Å². The topological polar surface area (TPSA) is 38.4 Å². The molecule has 0 bridgehead atoms. The molecule has 2 N–H and O–H groups in total. The van der Waals surface area contributed by atoms with Crippen LogP contribution in [0.15, 0.2) is 29.3 Å². The van der Waals surface area contributed by atoms with Gasteiger partial charge >= 0.3 is 0 Å². The highest BCUT2D eigenvalue weighted by Gasteiger charge is 2.04. The number of nitrogen functional groups attached to an aromatic ring is 1. The number of nitrogens with two attached hydrogens (primary N) is 1. The Kier molecular flexibility index (Phi) is 4.17. The molecule has 1 unspecified atom stereocenters. The molecule has 0 aliphatic carbocycles. The molecule has 2 nitrogen and oxygen atoms in total. The zero-order chi connectivity index (χ0) is 10.4. The first-order chi connectivity index (χ1) is 6.75. The molecule has 0 heterocycles. The van der Waals surface area contributed by atoms with Crippen molar-refractivity contribution in [2.24, 2.45) is 4.99 Å². The smallest absolute Gasteiger partial charge is 0.0736 e. The van der Waals surface area contributed by atoms with Crippen LogP contribution < -0.4 is 5.73 Å². The zero-order valence-electron chi connectivity index (χ0n) is 8.90. The van der Waals surface area contributed by atoms with Gasteiger partial charge in [0.2, 0.25) is 0 Å². The highest BCUT2D eigenvalue weighted by atomic mass is 14.8. The summed E-state index contributed by atoms with van der Waals surface area (Å²) in [6, 6.07) is 8.06. The molecule has 0 radical (unpaired) electrons. The van der Waals surface area contributed by atoms with E-state index in [1.54, 1.807) is 0 Å². The van der Waals surface area contributed by atoms with E-state index in [0.29, 0.717) is 0 Å². The SMILES string of the molecule is CCCC=NC(C)c1ccccc1N. The number of aliphatic imine (C=N–C) groups is 1. The maximum atomic E-state index is 5.85. The van der Waals surface area contributed by atoms with Crippen LogP contribution in [0.5, 0.6) is 0 Å². The molecule has 1 rings (SSSR count). The van der Waals surface area contributed by atoms with Gasteiger partial charge in [-0.2, -0.15) is 0 Å². The average Bonchev–Trinajstić information content (AvgIpc) is 2.18. The quantitative estimate of drug-likeness (QED) is 0.574. The lowest BCUT2D eigenvalue weighted by Gasteiger charge is -2.09. The van der Waals surface area contributed by atoms with Crippen LogP contribution in [0.4, 0.5) is 5.69 Å². The van der Waals surface area contributed by atoms with Gasteiger partial charge in [0, 0.05) is 5.69 Å². The fourth-order valence-corrected chi connectivity index (χ4v) is 1.33. The summed E-state index contributed by atoms with van der Waals surface area (Å²) < 4.78 is 0.